The highest BCUT2D eigenvalue weighted by atomic mass is 16.3. The zero-order valence-corrected chi connectivity index (χ0v) is 9.18. The molecule has 0 aliphatic rings. The smallest absolute Gasteiger partial charge is 0.264 e. The van der Waals surface area contributed by atoms with Gasteiger partial charge in [0.25, 0.3) is 11.5 Å². The Balaban J connectivity index is 2.24. The first-order valence-electron chi connectivity index (χ1n) is 5.02. The second-order valence-electron chi connectivity index (χ2n) is 3.50. The fourth-order valence-corrected chi connectivity index (χ4v) is 1.34. The van der Waals surface area contributed by atoms with E-state index < -0.39 is 5.91 Å². The number of nitrogen functional groups attached to an aromatic ring is 1. The van der Waals surface area contributed by atoms with Gasteiger partial charge in [0.2, 0.25) is 0 Å². The first-order valence-corrected chi connectivity index (χ1v) is 5.02. The molecule has 1 amide bonds. The molecular formula is C11H10N4O3. The number of rotatable bonds is 2. The van der Waals surface area contributed by atoms with Crippen molar-refractivity contribution in [3.05, 3.63) is 46.2 Å². The highest BCUT2D eigenvalue weighted by Gasteiger charge is 2.13. The van der Waals surface area contributed by atoms with Crippen LogP contribution in [0.1, 0.15) is 10.4 Å². The molecule has 0 unspecified atom stereocenters. The molecule has 0 fully saturated rings. The number of para-hydroxylation sites is 1. The molecule has 7 nitrogen and oxygen atoms in total. The van der Waals surface area contributed by atoms with Crippen LogP contribution in [0.5, 0.6) is 5.75 Å². The van der Waals surface area contributed by atoms with E-state index in [2.05, 4.69) is 15.5 Å². The minimum absolute atomic E-state index is 0.0306. The number of hydrogen-bond acceptors (Lipinski definition) is 5. The van der Waals surface area contributed by atoms with Gasteiger partial charge in [-0.15, -0.1) is 0 Å². The molecule has 2 rings (SSSR count). The van der Waals surface area contributed by atoms with E-state index >= 15 is 0 Å². The predicted octanol–water partition coefficient (Wildman–Crippen LogP) is 0.310. The largest absolute Gasteiger partial charge is 0.505 e. The Labute approximate surface area is 101 Å². The topological polar surface area (TPSA) is 121 Å². The lowest BCUT2D eigenvalue weighted by molar-refractivity contribution is 0.102. The van der Waals surface area contributed by atoms with Gasteiger partial charge in [-0.3, -0.25) is 9.59 Å². The van der Waals surface area contributed by atoms with Gasteiger partial charge in [-0.05, 0) is 18.2 Å². The van der Waals surface area contributed by atoms with Crippen LogP contribution in [0.2, 0.25) is 0 Å². The van der Waals surface area contributed by atoms with Crippen molar-refractivity contribution in [2.45, 2.75) is 0 Å². The van der Waals surface area contributed by atoms with E-state index in [1.54, 1.807) is 6.07 Å². The number of phenolic OH excluding ortho intramolecular Hbond substituents is 1. The molecule has 92 valence electrons. The third-order valence-electron chi connectivity index (χ3n) is 2.23. The van der Waals surface area contributed by atoms with E-state index in [1.807, 2.05) is 0 Å². The molecular weight excluding hydrogens is 236 g/mol. The number of carbonyl (C=O) groups excluding carboxylic acids is 1. The Hall–Kier alpha value is -2.83. The number of benzene rings is 1. The number of aromatic nitrogens is 2. The Morgan fingerprint density at radius 3 is 2.78 bits per heavy atom. The number of hydrogen-bond donors (Lipinski definition) is 4. The van der Waals surface area contributed by atoms with Crippen LogP contribution in [0.3, 0.4) is 0 Å². The molecule has 5 N–H and O–H groups in total. The fourth-order valence-electron chi connectivity index (χ4n) is 1.34. The molecule has 7 heteroatoms. The van der Waals surface area contributed by atoms with Gasteiger partial charge in [0.1, 0.15) is 0 Å². The van der Waals surface area contributed by atoms with Gasteiger partial charge in [0.05, 0.1) is 11.3 Å². The highest BCUT2D eigenvalue weighted by molar-refractivity contribution is 6.06. The summed E-state index contributed by atoms with van der Waals surface area (Å²) in [6.45, 7) is 0. The van der Waals surface area contributed by atoms with Crippen molar-refractivity contribution >= 4 is 17.4 Å². The Morgan fingerprint density at radius 1 is 1.33 bits per heavy atom. The van der Waals surface area contributed by atoms with Gasteiger partial charge < -0.3 is 16.2 Å². The van der Waals surface area contributed by atoms with Crippen LogP contribution in [-0.4, -0.2) is 21.2 Å². The standard InChI is InChI=1S/C11H10N4O3/c12-7-3-1-2-6(10(7)17)11(18)13-8-4-5-9(16)15-14-8/h1-5,17H,12H2,(H,15,16)(H,13,14,18). The number of anilines is 2. The van der Waals surface area contributed by atoms with E-state index in [4.69, 9.17) is 5.73 Å². The number of phenols is 1. The maximum Gasteiger partial charge on any atom is 0.264 e. The van der Waals surface area contributed by atoms with Crippen LogP contribution in [0.25, 0.3) is 0 Å². The molecule has 1 heterocycles. The molecule has 0 atom stereocenters. The Morgan fingerprint density at radius 2 is 2.11 bits per heavy atom. The average Bonchev–Trinajstić information content (AvgIpc) is 2.35. The lowest BCUT2D eigenvalue weighted by atomic mass is 10.1. The van der Waals surface area contributed by atoms with E-state index in [0.717, 1.165) is 0 Å². The Bertz CT molecular complexity index is 630. The average molecular weight is 246 g/mol. The summed E-state index contributed by atoms with van der Waals surface area (Å²) in [5.74, 6) is -0.694. The second-order valence-corrected chi connectivity index (χ2v) is 3.50. The number of aromatic amines is 1. The van der Waals surface area contributed by atoms with Gasteiger partial charge in [0.15, 0.2) is 11.6 Å². The lowest BCUT2D eigenvalue weighted by Crippen LogP contribution is -2.16. The number of carbonyl (C=O) groups is 1. The summed E-state index contributed by atoms with van der Waals surface area (Å²) in [5, 5.41) is 17.8. The van der Waals surface area contributed by atoms with Gasteiger partial charge in [-0.25, -0.2) is 5.10 Å². The summed E-state index contributed by atoms with van der Waals surface area (Å²) in [6.07, 6.45) is 0. The molecule has 0 saturated carbocycles. The number of nitrogens with two attached hydrogens (primary N) is 1. The molecule has 1 aromatic heterocycles. The van der Waals surface area contributed by atoms with Crippen LogP contribution in [0, 0.1) is 0 Å². The monoisotopic (exact) mass is 246 g/mol. The molecule has 0 spiro atoms. The van der Waals surface area contributed by atoms with Crippen molar-refractivity contribution < 1.29 is 9.90 Å². The normalized spacial score (nSPS) is 10.0. The SMILES string of the molecule is Nc1cccc(C(=O)Nc2ccc(=O)[nH]n2)c1O. The summed E-state index contributed by atoms with van der Waals surface area (Å²) in [4.78, 5) is 22.6. The summed E-state index contributed by atoms with van der Waals surface area (Å²) in [6, 6.07) is 7.02. The fraction of sp³-hybridized carbons (Fsp3) is 0. The summed E-state index contributed by atoms with van der Waals surface area (Å²) >= 11 is 0. The summed E-state index contributed by atoms with van der Waals surface area (Å²) in [5.41, 5.74) is 5.24. The number of amides is 1. The van der Waals surface area contributed by atoms with Gasteiger partial charge >= 0.3 is 0 Å². The number of H-pyrrole nitrogens is 1. The van der Waals surface area contributed by atoms with Crippen molar-refractivity contribution in [2.24, 2.45) is 0 Å². The van der Waals surface area contributed by atoms with Gasteiger partial charge in [0, 0.05) is 6.07 Å². The maximum absolute atomic E-state index is 11.8. The molecule has 18 heavy (non-hydrogen) atoms. The number of aromatic hydroxyl groups is 1. The van der Waals surface area contributed by atoms with Crippen molar-refractivity contribution in [1.82, 2.24) is 10.2 Å². The first-order chi connectivity index (χ1) is 8.58. The minimum atomic E-state index is -0.570. The van der Waals surface area contributed by atoms with Crippen LogP contribution < -0.4 is 16.6 Å². The second kappa shape index (κ2) is 4.58. The van der Waals surface area contributed by atoms with E-state index in [1.165, 1.54) is 24.3 Å². The zero-order chi connectivity index (χ0) is 13.1. The molecule has 1 aromatic carbocycles. The Kier molecular flexibility index (Phi) is 2.96. The lowest BCUT2D eigenvalue weighted by Gasteiger charge is -2.06. The molecule has 0 aliphatic carbocycles. The van der Waals surface area contributed by atoms with Crippen molar-refractivity contribution in [3.8, 4) is 5.75 Å². The number of nitrogens with zero attached hydrogens (tertiary/aromatic N) is 1. The van der Waals surface area contributed by atoms with Crippen LogP contribution in [0.15, 0.2) is 35.1 Å². The summed E-state index contributed by atoms with van der Waals surface area (Å²) < 4.78 is 0. The predicted molar refractivity (Wildman–Crippen MR) is 65.3 cm³/mol. The summed E-state index contributed by atoms with van der Waals surface area (Å²) in [7, 11) is 0. The van der Waals surface area contributed by atoms with Crippen LogP contribution >= 0.6 is 0 Å². The molecule has 0 aliphatic heterocycles. The van der Waals surface area contributed by atoms with Crippen LogP contribution in [-0.2, 0) is 0 Å². The van der Waals surface area contributed by atoms with Crippen molar-refractivity contribution in [1.29, 1.82) is 0 Å². The van der Waals surface area contributed by atoms with Crippen LogP contribution in [0.4, 0.5) is 11.5 Å². The van der Waals surface area contributed by atoms with Gasteiger partial charge in [-0.1, -0.05) is 6.07 Å². The number of nitrogens with one attached hydrogen (secondary N) is 2. The first kappa shape index (κ1) is 11.6. The van der Waals surface area contributed by atoms with Crippen molar-refractivity contribution in [3.63, 3.8) is 0 Å². The highest BCUT2D eigenvalue weighted by Crippen LogP contribution is 2.24. The minimum Gasteiger partial charge on any atom is -0.505 e. The third kappa shape index (κ3) is 2.29. The van der Waals surface area contributed by atoms with E-state index in [9.17, 15) is 14.7 Å². The third-order valence-corrected chi connectivity index (χ3v) is 2.23. The molecule has 0 bridgehead atoms. The zero-order valence-electron chi connectivity index (χ0n) is 9.18. The molecule has 0 saturated heterocycles. The van der Waals surface area contributed by atoms with Crippen molar-refractivity contribution in [2.75, 3.05) is 11.1 Å². The molecule has 2 aromatic rings. The quantitative estimate of drug-likeness (QED) is 0.449. The van der Waals surface area contributed by atoms with E-state index in [0.29, 0.717) is 0 Å². The molecule has 0 radical (unpaired) electrons. The maximum atomic E-state index is 11.8. The van der Waals surface area contributed by atoms with Gasteiger partial charge in [-0.2, -0.15) is 5.10 Å². The van der Waals surface area contributed by atoms with E-state index in [-0.39, 0.29) is 28.4 Å².